The first kappa shape index (κ1) is 20.0. The van der Waals surface area contributed by atoms with E-state index in [1.807, 2.05) is 17.3 Å². The minimum atomic E-state index is -0.722. The van der Waals surface area contributed by atoms with E-state index in [9.17, 15) is 9.18 Å². The lowest BCUT2D eigenvalue weighted by atomic mass is 9.95. The minimum absolute atomic E-state index is 0.197. The fourth-order valence-corrected chi connectivity index (χ4v) is 4.44. The quantitative estimate of drug-likeness (QED) is 0.472. The molecule has 2 heterocycles. The lowest BCUT2D eigenvalue weighted by molar-refractivity contribution is -0.139. The number of ether oxygens (including phenoxy) is 1. The van der Waals surface area contributed by atoms with Gasteiger partial charge in [0.15, 0.2) is 10.8 Å². The Morgan fingerprint density at radius 3 is 2.85 bits per heavy atom. The van der Waals surface area contributed by atoms with Gasteiger partial charge in [-0.15, -0.1) is 11.3 Å². The summed E-state index contributed by atoms with van der Waals surface area (Å²) in [6.07, 6.45) is 1.69. The molecule has 0 radical (unpaired) electrons. The van der Waals surface area contributed by atoms with Gasteiger partial charge in [-0.05, 0) is 19.1 Å². The van der Waals surface area contributed by atoms with Crippen LogP contribution < -0.4 is 0 Å². The summed E-state index contributed by atoms with van der Waals surface area (Å²) in [6, 6.07) is 3.33. The zero-order chi connectivity index (χ0) is 19.6. The first-order chi connectivity index (χ1) is 13.0. The SMILES string of the molecule is CCOC(=O)C1=C(CBr)N(C)C(c2nccs2)=NC1c1ccc(F)cc1Cl. The van der Waals surface area contributed by atoms with Crippen LogP contribution >= 0.6 is 38.9 Å². The maximum atomic E-state index is 13.5. The van der Waals surface area contributed by atoms with Crippen LogP contribution in [0.15, 0.2) is 46.0 Å². The number of aromatic nitrogens is 1. The number of allylic oxidation sites excluding steroid dienone is 1. The van der Waals surface area contributed by atoms with Crippen LogP contribution in [0.4, 0.5) is 4.39 Å². The summed E-state index contributed by atoms with van der Waals surface area (Å²) in [4.78, 5) is 23.6. The molecular weight excluding hydrogens is 457 g/mol. The first-order valence-electron chi connectivity index (χ1n) is 8.10. The molecule has 0 bridgehead atoms. The van der Waals surface area contributed by atoms with Crippen LogP contribution in [-0.2, 0) is 9.53 Å². The number of benzene rings is 1. The molecule has 1 aliphatic heterocycles. The van der Waals surface area contributed by atoms with Crippen molar-refractivity contribution in [1.82, 2.24) is 9.88 Å². The molecule has 0 fully saturated rings. The Morgan fingerprint density at radius 2 is 2.26 bits per heavy atom. The molecule has 0 amide bonds. The number of rotatable bonds is 5. The highest BCUT2D eigenvalue weighted by molar-refractivity contribution is 9.09. The number of aliphatic imine (C=N–C) groups is 1. The summed E-state index contributed by atoms with van der Waals surface area (Å²) in [6.45, 7) is 1.97. The number of carbonyl (C=O) groups is 1. The monoisotopic (exact) mass is 471 g/mol. The number of esters is 1. The van der Waals surface area contributed by atoms with Gasteiger partial charge in [-0.2, -0.15) is 0 Å². The summed E-state index contributed by atoms with van der Waals surface area (Å²) in [7, 11) is 1.82. The van der Waals surface area contributed by atoms with Gasteiger partial charge in [-0.1, -0.05) is 33.6 Å². The Balaban J connectivity index is 2.21. The van der Waals surface area contributed by atoms with Crippen molar-refractivity contribution in [3.05, 3.63) is 62.5 Å². The summed E-state index contributed by atoms with van der Waals surface area (Å²) >= 11 is 11.2. The molecule has 0 saturated carbocycles. The number of nitrogens with zero attached hydrogens (tertiary/aromatic N) is 3. The van der Waals surface area contributed by atoms with Gasteiger partial charge in [0, 0.05) is 40.2 Å². The molecule has 0 N–H and O–H groups in total. The highest BCUT2D eigenvalue weighted by atomic mass is 79.9. The average Bonchev–Trinajstić information content (AvgIpc) is 3.16. The van der Waals surface area contributed by atoms with Crippen molar-refractivity contribution in [1.29, 1.82) is 0 Å². The van der Waals surface area contributed by atoms with Crippen molar-refractivity contribution in [2.45, 2.75) is 13.0 Å². The van der Waals surface area contributed by atoms with Crippen LogP contribution in [0.25, 0.3) is 0 Å². The standard InChI is InChI=1S/C18H16BrClFN3O2S/c1-3-26-18(25)14-13(9-19)24(2)16(17-22-6-7-27-17)23-15(14)11-5-4-10(21)8-12(11)20/h4-8,15H,3,9H2,1-2H3. The van der Waals surface area contributed by atoms with Gasteiger partial charge < -0.3 is 9.64 Å². The third-order valence-corrected chi connectivity index (χ3v) is 5.69. The Kier molecular flexibility index (Phi) is 6.29. The third kappa shape index (κ3) is 3.93. The third-order valence-electron chi connectivity index (χ3n) is 4.06. The molecule has 9 heteroatoms. The van der Waals surface area contributed by atoms with Gasteiger partial charge >= 0.3 is 5.97 Å². The largest absolute Gasteiger partial charge is 0.463 e. The van der Waals surface area contributed by atoms with Crippen molar-refractivity contribution >= 4 is 50.7 Å². The summed E-state index contributed by atoms with van der Waals surface area (Å²) < 4.78 is 18.8. The number of carbonyl (C=O) groups excluding carboxylic acids is 1. The van der Waals surface area contributed by atoms with Gasteiger partial charge in [0.2, 0.25) is 0 Å². The van der Waals surface area contributed by atoms with Crippen molar-refractivity contribution in [2.24, 2.45) is 4.99 Å². The van der Waals surface area contributed by atoms with E-state index in [2.05, 4.69) is 20.9 Å². The van der Waals surface area contributed by atoms with Crippen molar-refractivity contribution in [2.75, 3.05) is 19.0 Å². The fraction of sp³-hybridized carbons (Fsp3) is 0.278. The molecule has 1 aromatic carbocycles. The minimum Gasteiger partial charge on any atom is -0.463 e. The van der Waals surface area contributed by atoms with Gasteiger partial charge in [0.05, 0.1) is 12.2 Å². The highest BCUT2D eigenvalue weighted by Gasteiger charge is 2.36. The van der Waals surface area contributed by atoms with Crippen LogP contribution in [0.5, 0.6) is 0 Å². The number of alkyl halides is 1. The molecule has 1 aromatic heterocycles. The van der Waals surface area contributed by atoms with Crippen LogP contribution in [0.3, 0.4) is 0 Å². The zero-order valence-electron chi connectivity index (χ0n) is 14.6. The lowest BCUT2D eigenvalue weighted by Gasteiger charge is -2.32. The molecule has 1 atom stereocenters. The van der Waals surface area contributed by atoms with E-state index in [4.69, 9.17) is 21.3 Å². The second kappa shape index (κ2) is 8.50. The van der Waals surface area contributed by atoms with E-state index < -0.39 is 17.8 Å². The zero-order valence-corrected chi connectivity index (χ0v) is 17.7. The predicted molar refractivity (Wildman–Crippen MR) is 108 cm³/mol. The Labute approximate surface area is 173 Å². The van der Waals surface area contributed by atoms with Gasteiger partial charge in [-0.25, -0.2) is 14.2 Å². The number of hydrogen-bond donors (Lipinski definition) is 0. The molecule has 2 aromatic rings. The van der Waals surface area contributed by atoms with E-state index >= 15 is 0 Å². The highest BCUT2D eigenvalue weighted by Crippen LogP contribution is 2.39. The van der Waals surface area contributed by atoms with Crippen LogP contribution in [0, 0.1) is 5.82 Å². The van der Waals surface area contributed by atoms with E-state index in [0.717, 1.165) is 0 Å². The Morgan fingerprint density at radius 1 is 1.48 bits per heavy atom. The summed E-state index contributed by atoms with van der Waals surface area (Å²) in [5, 5.41) is 3.16. The number of halogens is 3. The number of amidine groups is 1. The fourth-order valence-electron chi connectivity index (χ4n) is 2.82. The summed E-state index contributed by atoms with van der Waals surface area (Å²) in [5.74, 6) is -0.327. The van der Waals surface area contributed by atoms with Crippen molar-refractivity contribution in [3.63, 3.8) is 0 Å². The molecule has 3 rings (SSSR count). The lowest BCUT2D eigenvalue weighted by Crippen LogP contribution is -2.36. The van der Waals surface area contributed by atoms with Gasteiger partial charge in [0.25, 0.3) is 0 Å². The second-order valence-corrected chi connectivity index (χ2v) is 7.49. The van der Waals surface area contributed by atoms with Crippen LogP contribution in [0.1, 0.15) is 23.5 Å². The van der Waals surface area contributed by atoms with Gasteiger partial charge in [0.1, 0.15) is 11.9 Å². The molecule has 1 aliphatic rings. The Hall–Kier alpha value is -1.77. The molecule has 142 valence electrons. The van der Waals surface area contributed by atoms with E-state index in [1.54, 1.807) is 19.2 Å². The molecule has 5 nitrogen and oxygen atoms in total. The molecule has 0 saturated heterocycles. The normalized spacial score (nSPS) is 17.1. The smallest absolute Gasteiger partial charge is 0.338 e. The van der Waals surface area contributed by atoms with Gasteiger partial charge in [-0.3, -0.25) is 4.99 Å². The molecule has 0 aliphatic carbocycles. The summed E-state index contributed by atoms with van der Waals surface area (Å²) in [5.41, 5.74) is 1.59. The maximum absolute atomic E-state index is 13.5. The second-order valence-electron chi connectivity index (χ2n) is 5.63. The maximum Gasteiger partial charge on any atom is 0.338 e. The topological polar surface area (TPSA) is 54.8 Å². The molecule has 27 heavy (non-hydrogen) atoms. The van der Waals surface area contributed by atoms with E-state index in [1.165, 1.54) is 23.5 Å². The van der Waals surface area contributed by atoms with Crippen molar-refractivity contribution in [3.8, 4) is 0 Å². The van der Waals surface area contributed by atoms with E-state index in [0.29, 0.717) is 33.0 Å². The molecule has 1 unspecified atom stereocenters. The molecule has 0 spiro atoms. The van der Waals surface area contributed by atoms with Crippen LogP contribution in [-0.4, -0.2) is 40.7 Å². The number of hydrogen-bond acceptors (Lipinski definition) is 6. The first-order valence-corrected chi connectivity index (χ1v) is 10.5. The Bertz CT molecular complexity index is 917. The number of thiazole rings is 1. The molecular formula is C18H16BrClFN3O2S. The van der Waals surface area contributed by atoms with E-state index in [-0.39, 0.29) is 11.6 Å². The average molecular weight is 473 g/mol. The predicted octanol–water partition coefficient (Wildman–Crippen LogP) is 4.58. The van der Waals surface area contributed by atoms with Crippen LogP contribution in [0.2, 0.25) is 5.02 Å². The van der Waals surface area contributed by atoms with Crippen molar-refractivity contribution < 1.29 is 13.9 Å².